The molecule has 0 amide bonds. The molecule has 110 valence electrons. The highest BCUT2D eigenvalue weighted by Crippen LogP contribution is 2.28. The van der Waals surface area contributed by atoms with Crippen molar-refractivity contribution in [1.82, 2.24) is 0 Å². The van der Waals surface area contributed by atoms with Gasteiger partial charge in [0.05, 0.1) is 0 Å². The molecule has 20 heavy (non-hydrogen) atoms. The molecule has 0 saturated carbocycles. The van der Waals surface area contributed by atoms with E-state index in [4.69, 9.17) is 9.47 Å². The molecule has 3 heteroatoms. The Kier molecular flexibility index (Phi) is 4.98. The highest BCUT2D eigenvalue weighted by atomic mass is 16.6. The molecule has 0 spiro atoms. The van der Waals surface area contributed by atoms with E-state index in [0.29, 0.717) is 6.42 Å². The number of aryl methyl sites for hydroxylation is 1. The molecule has 0 radical (unpaired) electrons. The van der Waals surface area contributed by atoms with Gasteiger partial charge in [0.1, 0.15) is 17.0 Å². The molecule has 0 bridgehead atoms. The van der Waals surface area contributed by atoms with Gasteiger partial charge in [-0.1, -0.05) is 24.3 Å². The third-order valence-corrected chi connectivity index (χ3v) is 2.81. The molecule has 0 aliphatic heterocycles. The first-order valence-electron chi connectivity index (χ1n) is 6.75. The second-order valence-corrected chi connectivity index (χ2v) is 6.24. The van der Waals surface area contributed by atoms with E-state index in [1.807, 2.05) is 58.9 Å². The fourth-order valence-electron chi connectivity index (χ4n) is 2.34. The van der Waals surface area contributed by atoms with Crippen LogP contribution in [0.25, 0.3) is 0 Å². The molecule has 3 nitrogen and oxygen atoms in total. The molecule has 0 aromatic heterocycles. The molecule has 0 saturated heterocycles. The predicted molar refractivity (Wildman–Crippen MR) is 80.9 cm³/mol. The topological polar surface area (TPSA) is 35.5 Å². The van der Waals surface area contributed by atoms with Gasteiger partial charge in [0.2, 0.25) is 0 Å². The first kappa shape index (κ1) is 16.3. The third-order valence-electron chi connectivity index (χ3n) is 2.81. The summed E-state index contributed by atoms with van der Waals surface area (Å²) in [5.41, 5.74) is 0.134. The highest BCUT2D eigenvalue weighted by Gasteiger charge is 2.33. The summed E-state index contributed by atoms with van der Waals surface area (Å²) >= 11 is 0. The van der Waals surface area contributed by atoms with Crippen LogP contribution in [0, 0.1) is 6.92 Å². The summed E-state index contributed by atoms with van der Waals surface area (Å²) < 4.78 is 11.3. The molecule has 0 aliphatic carbocycles. The fraction of sp³-hybridized carbons (Fsp3) is 0.471. The van der Waals surface area contributed by atoms with Crippen molar-refractivity contribution in [3.05, 3.63) is 42.5 Å². The standard InChI is InChI=1S/C17H24O3/c1-7-15(18)20-17(5,6)12-16(3,4)19-14-10-8-13(2)9-11-14/h7-11H,1,12H2,2-6H3. The van der Waals surface area contributed by atoms with Crippen molar-refractivity contribution in [3.63, 3.8) is 0 Å². The third kappa shape index (κ3) is 5.47. The van der Waals surface area contributed by atoms with Gasteiger partial charge >= 0.3 is 5.97 Å². The zero-order chi connectivity index (χ0) is 15.4. The van der Waals surface area contributed by atoms with Gasteiger partial charge in [-0.3, -0.25) is 0 Å². The van der Waals surface area contributed by atoms with E-state index in [1.165, 1.54) is 11.6 Å². The molecule has 0 heterocycles. The molecule has 0 aliphatic rings. The van der Waals surface area contributed by atoms with Gasteiger partial charge in [-0.25, -0.2) is 4.79 Å². The summed E-state index contributed by atoms with van der Waals surface area (Å²) in [6, 6.07) is 7.91. The van der Waals surface area contributed by atoms with Crippen molar-refractivity contribution in [1.29, 1.82) is 0 Å². The minimum atomic E-state index is -0.612. The van der Waals surface area contributed by atoms with E-state index in [1.54, 1.807) is 0 Å². The van der Waals surface area contributed by atoms with Crippen LogP contribution in [0.15, 0.2) is 36.9 Å². The van der Waals surface area contributed by atoms with Crippen molar-refractivity contribution >= 4 is 5.97 Å². The van der Waals surface area contributed by atoms with E-state index >= 15 is 0 Å². The van der Waals surface area contributed by atoms with Crippen molar-refractivity contribution in [2.24, 2.45) is 0 Å². The van der Waals surface area contributed by atoms with Gasteiger partial charge in [-0.05, 0) is 46.8 Å². The largest absolute Gasteiger partial charge is 0.488 e. The van der Waals surface area contributed by atoms with Gasteiger partial charge in [-0.2, -0.15) is 0 Å². The maximum absolute atomic E-state index is 11.3. The Bertz CT molecular complexity index is 470. The van der Waals surface area contributed by atoms with Crippen LogP contribution in [-0.2, 0) is 9.53 Å². The van der Waals surface area contributed by atoms with E-state index in [2.05, 4.69) is 6.58 Å². The summed E-state index contributed by atoms with van der Waals surface area (Å²) in [6.45, 7) is 13.2. The van der Waals surface area contributed by atoms with Crippen molar-refractivity contribution < 1.29 is 14.3 Å². The Morgan fingerprint density at radius 3 is 2.20 bits per heavy atom. The lowest BCUT2D eigenvalue weighted by Gasteiger charge is -2.34. The van der Waals surface area contributed by atoms with Crippen molar-refractivity contribution in [2.75, 3.05) is 0 Å². The summed E-state index contributed by atoms with van der Waals surface area (Å²) in [4.78, 5) is 11.3. The smallest absolute Gasteiger partial charge is 0.330 e. The van der Waals surface area contributed by atoms with Crippen LogP contribution >= 0.6 is 0 Å². The fourth-order valence-corrected chi connectivity index (χ4v) is 2.34. The lowest BCUT2D eigenvalue weighted by atomic mass is 9.92. The Balaban J connectivity index is 2.70. The Labute approximate surface area is 121 Å². The molecule has 1 aromatic carbocycles. The molecular weight excluding hydrogens is 252 g/mol. The molecule has 0 unspecified atom stereocenters. The molecule has 1 rings (SSSR count). The number of rotatable bonds is 6. The average molecular weight is 276 g/mol. The van der Waals surface area contributed by atoms with Crippen molar-refractivity contribution in [2.45, 2.75) is 52.2 Å². The van der Waals surface area contributed by atoms with E-state index in [-0.39, 0.29) is 0 Å². The van der Waals surface area contributed by atoms with Gasteiger partial charge in [0.15, 0.2) is 0 Å². The first-order chi connectivity index (χ1) is 9.13. The van der Waals surface area contributed by atoms with Crippen LogP contribution in [-0.4, -0.2) is 17.2 Å². The number of benzene rings is 1. The Hall–Kier alpha value is -1.77. The van der Waals surface area contributed by atoms with Gasteiger partial charge in [0.25, 0.3) is 0 Å². The first-order valence-corrected chi connectivity index (χ1v) is 6.75. The van der Waals surface area contributed by atoms with E-state index in [9.17, 15) is 4.79 Å². The normalized spacial score (nSPS) is 11.8. The molecule has 0 fully saturated rings. The second kappa shape index (κ2) is 6.12. The zero-order valence-corrected chi connectivity index (χ0v) is 13.0. The number of carbonyl (C=O) groups is 1. The van der Waals surface area contributed by atoms with Crippen LogP contribution < -0.4 is 4.74 Å². The maximum atomic E-state index is 11.3. The summed E-state index contributed by atoms with van der Waals surface area (Å²) in [7, 11) is 0. The van der Waals surface area contributed by atoms with Gasteiger partial charge < -0.3 is 9.47 Å². The lowest BCUT2D eigenvalue weighted by molar-refractivity contribution is -0.154. The molecule has 0 atom stereocenters. The monoisotopic (exact) mass is 276 g/mol. The molecule has 1 aromatic rings. The minimum absolute atomic E-state index is 0.416. The van der Waals surface area contributed by atoms with Crippen LogP contribution in [0.2, 0.25) is 0 Å². The number of carbonyl (C=O) groups excluding carboxylic acids is 1. The minimum Gasteiger partial charge on any atom is -0.488 e. The number of esters is 1. The number of hydrogen-bond donors (Lipinski definition) is 0. The quantitative estimate of drug-likeness (QED) is 0.581. The zero-order valence-electron chi connectivity index (χ0n) is 13.0. The van der Waals surface area contributed by atoms with Crippen LogP contribution in [0.5, 0.6) is 5.75 Å². The average Bonchev–Trinajstić information content (AvgIpc) is 2.29. The lowest BCUT2D eigenvalue weighted by Crippen LogP contribution is -2.40. The molecular formula is C17H24O3. The van der Waals surface area contributed by atoms with Gasteiger partial charge in [0, 0.05) is 12.5 Å². The second-order valence-electron chi connectivity index (χ2n) is 6.24. The van der Waals surface area contributed by atoms with Crippen molar-refractivity contribution in [3.8, 4) is 5.75 Å². The summed E-state index contributed by atoms with van der Waals surface area (Å²) in [5.74, 6) is 0.396. The van der Waals surface area contributed by atoms with E-state index < -0.39 is 17.2 Å². The number of ether oxygens (including phenoxy) is 2. The van der Waals surface area contributed by atoms with Gasteiger partial charge in [-0.15, -0.1) is 0 Å². The summed E-state index contributed by atoms with van der Waals surface area (Å²) in [6.07, 6.45) is 1.75. The van der Waals surface area contributed by atoms with Crippen LogP contribution in [0.3, 0.4) is 0 Å². The Morgan fingerprint density at radius 1 is 1.15 bits per heavy atom. The highest BCUT2D eigenvalue weighted by molar-refractivity contribution is 5.81. The SMILES string of the molecule is C=CC(=O)OC(C)(C)CC(C)(C)Oc1ccc(C)cc1. The van der Waals surface area contributed by atoms with E-state index in [0.717, 1.165) is 5.75 Å². The maximum Gasteiger partial charge on any atom is 0.330 e. The predicted octanol–water partition coefficient (Wildman–Crippen LogP) is 4.05. The van der Waals surface area contributed by atoms with Crippen LogP contribution in [0.4, 0.5) is 0 Å². The molecule has 0 N–H and O–H groups in total. The Morgan fingerprint density at radius 2 is 1.70 bits per heavy atom. The summed E-state index contributed by atoms with van der Waals surface area (Å²) in [5, 5.41) is 0. The van der Waals surface area contributed by atoms with Crippen LogP contribution in [0.1, 0.15) is 39.7 Å². The number of hydrogen-bond acceptors (Lipinski definition) is 3.